The van der Waals surface area contributed by atoms with E-state index in [-0.39, 0.29) is 24.4 Å². The minimum absolute atomic E-state index is 0.156. The van der Waals surface area contributed by atoms with Gasteiger partial charge in [0.2, 0.25) is 0 Å². The predicted octanol–water partition coefficient (Wildman–Crippen LogP) is 2.73. The van der Waals surface area contributed by atoms with Crippen LogP contribution in [0, 0.1) is 5.82 Å². The highest BCUT2D eigenvalue weighted by atomic mass is 19.1. The summed E-state index contributed by atoms with van der Waals surface area (Å²) < 4.78 is 24.8. The van der Waals surface area contributed by atoms with Crippen molar-refractivity contribution in [2.24, 2.45) is 0 Å². The van der Waals surface area contributed by atoms with E-state index in [1.54, 1.807) is 18.2 Å². The number of anilines is 1. The molecule has 7 heteroatoms. The Hall–Kier alpha value is -2.48. The first-order chi connectivity index (χ1) is 15.2. The van der Waals surface area contributed by atoms with Gasteiger partial charge in [0.15, 0.2) is 0 Å². The average molecular weight is 428 g/mol. The Morgan fingerprint density at radius 1 is 1.06 bits per heavy atom. The fourth-order valence-electron chi connectivity index (χ4n) is 4.04. The topological polar surface area (TPSA) is 62.8 Å². The van der Waals surface area contributed by atoms with Crippen molar-refractivity contribution in [3.8, 4) is 0 Å². The summed E-state index contributed by atoms with van der Waals surface area (Å²) in [5, 5.41) is 6.39. The third kappa shape index (κ3) is 6.03. The third-order valence-electron chi connectivity index (χ3n) is 5.91. The zero-order chi connectivity index (χ0) is 21.5. The number of amides is 1. The molecule has 0 aromatic heterocycles. The second-order valence-corrected chi connectivity index (χ2v) is 8.06. The zero-order valence-corrected chi connectivity index (χ0v) is 17.7. The summed E-state index contributed by atoms with van der Waals surface area (Å²) in [5.74, 6) is -0.512. The molecule has 4 rings (SSSR count). The molecule has 2 aromatic carbocycles. The molecule has 0 saturated carbocycles. The standard InChI is InChI=1S/C24H30FN3O3/c25-23-4-2-1-3-19(23)15-27-24(29)18-5-7-21(8-6-18)28-11-9-20(10-12-28)26-16-22-17-30-13-14-31-22/h1-8,20,22,26H,9-17H2,(H,27,29). The van der Waals surface area contributed by atoms with Gasteiger partial charge in [-0.05, 0) is 43.2 Å². The molecule has 1 unspecified atom stereocenters. The second-order valence-electron chi connectivity index (χ2n) is 8.06. The van der Waals surface area contributed by atoms with E-state index in [1.165, 1.54) is 6.07 Å². The quantitative estimate of drug-likeness (QED) is 0.712. The Kier molecular flexibility index (Phi) is 7.51. The number of nitrogens with one attached hydrogen (secondary N) is 2. The van der Waals surface area contributed by atoms with E-state index < -0.39 is 0 Å². The molecule has 2 aliphatic heterocycles. The van der Waals surface area contributed by atoms with Crippen LogP contribution in [0.3, 0.4) is 0 Å². The van der Waals surface area contributed by atoms with Crippen LogP contribution in [0.5, 0.6) is 0 Å². The molecule has 2 aliphatic rings. The van der Waals surface area contributed by atoms with Gasteiger partial charge in [0.25, 0.3) is 5.91 Å². The lowest BCUT2D eigenvalue weighted by molar-refractivity contribution is -0.0872. The Morgan fingerprint density at radius 3 is 2.55 bits per heavy atom. The van der Waals surface area contributed by atoms with Gasteiger partial charge in [-0.1, -0.05) is 18.2 Å². The molecule has 0 radical (unpaired) electrons. The smallest absolute Gasteiger partial charge is 0.251 e. The van der Waals surface area contributed by atoms with E-state index in [9.17, 15) is 9.18 Å². The van der Waals surface area contributed by atoms with E-state index in [0.29, 0.717) is 37.0 Å². The highest BCUT2D eigenvalue weighted by Gasteiger charge is 2.21. The van der Waals surface area contributed by atoms with Gasteiger partial charge in [0.1, 0.15) is 5.82 Å². The first-order valence-corrected chi connectivity index (χ1v) is 11.0. The Balaban J connectivity index is 1.22. The molecule has 2 heterocycles. The number of benzene rings is 2. The Morgan fingerprint density at radius 2 is 1.84 bits per heavy atom. The van der Waals surface area contributed by atoms with Crippen LogP contribution in [0.25, 0.3) is 0 Å². The molecule has 2 saturated heterocycles. The van der Waals surface area contributed by atoms with Crippen molar-refractivity contribution in [3.63, 3.8) is 0 Å². The molecule has 6 nitrogen and oxygen atoms in total. The molecule has 31 heavy (non-hydrogen) atoms. The lowest BCUT2D eigenvalue weighted by Gasteiger charge is -2.35. The summed E-state index contributed by atoms with van der Waals surface area (Å²) in [4.78, 5) is 14.7. The van der Waals surface area contributed by atoms with Crippen LogP contribution in [0.4, 0.5) is 10.1 Å². The molecule has 166 valence electrons. The zero-order valence-electron chi connectivity index (χ0n) is 17.7. The maximum Gasteiger partial charge on any atom is 0.251 e. The summed E-state index contributed by atoms with van der Waals surface area (Å²) in [6.07, 6.45) is 2.29. The van der Waals surface area contributed by atoms with Gasteiger partial charge in [-0.25, -0.2) is 4.39 Å². The summed E-state index contributed by atoms with van der Waals surface area (Å²) in [6, 6.07) is 14.6. The van der Waals surface area contributed by atoms with E-state index >= 15 is 0 Å². The molecule has 1 atom stereocenters. The van der Waals surface area contributed by atoms with Crippen molar-refractivity contribution < 1.29 is 18.7 Å². The molecule has 1 amide bonds. The molecule has 2 N–H and O–H groups in total. The summed E-state index contributed by atoms with van der Waals surface area (Å²) in [5.41, 5.74) is 2.17. The second kappa shape index (κ2) is 10.7. The van der Waals surface area contributed by atoms with Crippen LogP contribution < -0.4 is 15.5 Å². The number of ether oxygens (including phenoxy) is 2. The fourth-order valence-corrected chi connectivity index (χ4v) is 4.04. The van der Waals surface area contributed by atoms with Gasteiger partial charge in [-0.2, -0.15) is 0 Å². The van der Waals surface area contributed by atoms with Crippen LogP contribution in [0.1, 0.15) is 28.8 Å². The maximum atomic E-state index is 13.7. The number of rotatable bonds is 7. The monoisotopic (exact) mass is 427 g/mol. The minimum atomic E-state index is -0.310. The average Bonchev–Trinajstić information content (AvgIpc) is 2.83. The van der Waals surface area contributed by atoms with Crippen LogP contribution in [0.15, 0.2) is 48.5 Å². The highest BCUT2D eigenvalue weighted by Crippen LogP contribution is 2.21. The summed E-state index contributed by atoms with van der Waals surface area (Å²) in [6.45, 7) is 5.00. The number of hydrogen-bond donors (Lipinski definition) is 2. The van der Waals surface area contributed by atoms with E-state index in [4.69, 9.17) is 9.47 Å². The highest BCUT2D eigenvalue weighted by molar-refractivity contribution is 5.94. The number of hydrogen-bond acceptors (Lipinski definition) is 5. The number of carbonyl (C=O) groups is 1. The summed E-state index contributed by atoms with van der Waals surface area (Å²) in [7, 11) is 0. The molecular weight excluding hydrogens is 397 g/mol. The third-order valence-corrected chi connectivity index (χ3v) is 5.91. The normalized spacial score (nSPS) is 19.9. The fraction of sp³-hybridized carbons (Fsp3) is 0.458. The van der Waals surface area contributed by atoms with Gasteiger partial charge in [-0.15, -0.1) is 0 Å². The Labute approximate surface area is 182 Å². The van der Waals surface area contributed by atoms with Crippen LogP contribution in [0.2, 0.25) is 0 Å². The first-order valence-electron chi connectivity index (χ1n) is 11.0. The molecule has 2 fully saturated rings. The molecule has 2 aromatic rings. The van der Waals surface area contributed by atoms with Crippen molar-refractivity contribution in [1.82, 2.24) is 10.6 Å². The van der Waals surface area contributed by atoms with Crippen molar-refractivity contribution in [2.45, 2.75) is 31.5 Å². The Bertz CT molecular complexity index is 847. The number of piperidine rings is 1. The van der Waals surface area contributed by atoms with Gasteiger partial charge >= 0.3 is 0 Å². The lowest BCUT2D eigenvalue weighted by atomic mass is 10.0. The maximum absolute atomic E-state index is 13.7. The molecule has 0 bridgehead atoms. The number of carbonyl (C=O) groups excluding carboxylic acids is 1. The lowest BCUT2D eigenvalue weighted by Crippen LogP contribution is -2.46. The number of nitrogens with zero attached hydrogens (tertiary/aromatic N) is 1. The molecule has 0 spiro atoms. The van der Waals surface area contributed by atoms with Gasteiger partial charge in [-0.3, -0.25) is 4.79 Å². The largest absolute Gasteiger partial charge is 0.376 e. The van der Waals surface area contributed by atoms with Crippen molar-refractivity contribution in [2.75, 3.05) is 44.4 Å². The van der Waals surface area contributed by atoms with Crippen molar-refractivity contribution in [1.29, 1.82) is 0 Å². The van der Waals surface area contributed by atoms with Gasteiger partial charge < -0.3 is 25.0 Å². The van der Waals surface area contributed by atoms with Gasteiger partial charge in [0.05, 0.1) is 25.9 Å². The van der Waals surface area contributed by atoms with Crippen LogP contribution in [-0.4, -0.2) is 57.5 Å². The SMILES string of the molecule is O=C(NCc1ccccc1F)c1ccc(N2CCC(NCC3COCCO3)CC2)cc1. The van der Waals surface area contributed by atoms with Crippen molar-refractivity contribution >= 4 is 11.6 Å². The van der Waals surface area contributed by atoms with E-state index in [2.05, 4.69) is 15.5 Å². The molecule has 0 aliphatic carbocycles. The minimum Gasteiger partial charge on any atom is -0.376 e. The van der Waals surface area contributed by atoms with E-state index in [1.807, 2.05) is 24.3 Å². The van der Waals surface area contributed by atoms with Crippen LogP contribution in [-0.2, 0) is 16.0 Å². The first kappa shape index (κ1) is 21.7. The summed E-state index contributed by atoms with van der Waals surface area (Å²) >= 11 is 0. The van der Waals surface area contributed by atoms with Gasteiger partial charge in [0, 0.05) is 49.0 Å². The van der Waals surface area contributed by atoms with E-state index in [0.717, 1.165) is 38.2 Å². The molecular formula is C24H30FN3O3. The van der Waals surface area contributed by atoms with Crippen LogP contribution >= 0.6 is 0 Å². The number of halogens is 1. The predicted molar refractivity (Wildman–Crippen MR) is 118 cm³/mol. The van der Waals surface area contributed by atoms with Crippen molar-refractivity contribution in [3.05, 3.63) is 65.5 Å².